The lowest BCUT2D eigenvalue weighted by molar-refractivity contribution is 0.315. The van der Waals surface area contributed by atoms with Crippen LogP contribution in [0.5, 0.6) is 0 Å². The van der Waals surface area contributed by atoms with Crippen molar-refractivity contribution in [2.24, 2.45) is 5.41 Å². The van der Waals surface area contributed by atoms with E-state index in [2.05, 4.69) is 18.8 Å². The van der Waals surface area contributed by atoms with E-state index in [0.717, 1.165) is 18.2 Å². The average Bonchev–Trinajstić information content (AvgIpc) is 2.57. The highest BCUT2D eigenvalue weighted by Gasteiger charge is 2.28. The number of aryl methyl sites for hydroxylation is 1. The molecule has 1 aliphatic carbocycles. The normalized spacial score (nSPS) is 18.7. The van der Waals surface area contributed by atoms with Crippen LogP contribution in [0.4, 0.5) is 4.39 Å². The number of hydrogen-bond donors (Lipinski definition) is 1. The van der Waals surface area contributed by atoms with Crippen molar-refractivity contribution >= 4 is 10.9 Å². The number of aromatic amines is 1. The van der Waals surface area contributed by atoms with E-state index in [-0.39, 0.29) is 5.82 Å². The van der Waals surface area contributed by atoms with Gasteiger partial charge in [-0.25, -0.2) is 4.39 Å². The van der Waals surface area contributed by atoms with Crippen molar-refractivity contribution in [2.45, 2.75) is 33.1 Å². The molecule has 0 bridgehead atoms. The molecule has 1 N–H and O–H groups in total. The van der Waals surface area contributed by atoms with Crippen LogP contribution in [-0.4, -0.2) is 4.98 Å². The number of hydrogen-bond acceptors (Lipinski definition) is 0. The molecule has 0 unspecified atom stereocenters. The van der Waals surface area contributed by atoms with Crippen molar-refractivity contribution in [2.75, 3.05) is 0 Å². The standard InChI is InChI=1S/C14H16FN/c1-14(2)7-6-12-10(8-14)9-4-3-5-11(15)13(9)16-12/h3-5,16H,6-8H2,1-2H3. The predicted octanol–water partition coefficient (Wildman–Crippen LogP) is 3.82. The van der Waals surface area contributed by atoms with Crippen LogP contribution in [-0.2, 0) is 12.8 Å². The van der Waals surface area contributed by atoms with Crippen LogP contribution in [0.2, 0.25) is 0 Å². The number of halogens is 1. The zero-order valence-electron chi connectivity index (χ0n) is 9.73. The minimum atomic E-state index is -0.135. The highest BCUT2D eigenvalue weighted by molar-refractivity contribution is 5.85. The fourth-order valence-electron chi connectivity index (χ4n) is 2.74. The molecule has 1 heterocycles. The Morgan fingerprint density at radius 3 is 2.94 bits per heavy atom. The van der Waals surface area contributed by atoms with E-state index in [1.54, 1.807) is 6.07 Å². The second-order valence-corrected chi connectivity index (χ2v) is 5.59. The van der Waals surface area contributed by atoms with E-state index in [9.17, 15) is 4.39 Å². The lowest BCUT2D eigenvalue weighted by Gasteiger charge is -2.29. The third-order valence-corrected chi connectivity index (χ3v) is 3.69. The third-order valence-electron chi connectivity index (χ3n) is 3.69. The number of para-hydroxylation sites is 1. The summed E-state index contributed by atoms with van der Waals surface area (Å²) in [6, 6.07) is 5.35. The topological polar surface area (TPSA) is 15.8 Å². The van der Waals surface area contributed by atoms with Crippen LogP contribution in [0.25, 0.3) is 10.9 Å². The largest absolute Gasteiger partial charge is 0.356 e. The van der Waals surface area contributed by atoms with Crippen molar-refractivity contribution in [1.29, 1.82) is 0 Å². The van der Waals surface area contributed by atoms with Crippen LogP contribution >= 0.6 is 0 Å². The van der Waals surface area contributed by atoms with Gasteiger partial charge in [-0.1, -0.05) is 26.0 Å². The fraction of sp³-hybridized carbons (Fsp3) is 0.429. The number of benzene rings is 1. The average molecular weight is 217 g/mol. The smallest absolute Gasteiger partial charge is 0.147 e. The summed E-state index contributed by atoms with van der Waals surface area (Å²) in [7, 11) is 0. The molecule has 16 heavy (non-hydrogen) atoms. The van der Waals surface area contributed by atoms with Crippen LogP contribution in [0.3, 0.4) is 0 Å². The molecule has 1 aromatic heterocycles. The Balaban J connectivity index is 2.26. The summed E-state index contributed by atoms with van der Waals surface area (Å²) in [5, 5.41) is 1.07. The SMILES string of the molecule is CC1(C)CCc2[nH]c3c(F)cccc3c2C1. The summed E-state index contributed by atoms with van der Waals surface area (Å²) >= 11 is 0. The number of nitrogens with one attached hydrogen (secondary N) is 1. The van der Waals surface area contributed by atoms with Gasteiger partial charge in [-0.05, 0) is 36.3 Å². The quantitative estimate of drug-likeness (QED) is 0.690. The Morgan fingerprint density at radius 1 is 1.31 bits per heavy atom. The predicted molar refractivity (Wildman–Crippen MR) is 64.1 cm³/mol. The van der Waals surface area contributed by atoms with Gasteiger partial charge in [-0.15, -0.1) is 0 Å². The van der Waals surface area contributed by atoms with Crippen LogP contribution in [0.15, 0.2) is 18.2 Å². The first-order chi connectivity index (χ1) is 7.57. The van der Waals surface area contributed by atoms with Gasteiger partial charge in [0.05, 0.1) is 5.52 Å². The van der Waals surface area contributed by atoms with Crippen molar-refractivity contribution in [1.82, 2.24) is 4.98 Å². The Bertz CT molecular complexity index is 551. The third kappa shape index (κ3) is 1.36. The molecule has 2 heteroatoms. The molecule has 0 saturated heterocycles. The monoisotopic (exact) mass is 217 g/mol. The van der Waals surface area contributed by atoms with Gasteiger partial charge in [0.2, 0.25) is 0 Å². The van der Waals surface area contributed by atoms with Gasteiger partial charge in [0.15, 0.2) is 0 Å². The van der Waals surface area contributed by atoms with Gasteiger partial charge in [-0.3, -0.25) is 0 Å². The molecule has 1 aliphatic rings. The molecule has 0 saturated carbocycles. The Labute approximate surface area is 94.7 Å². The Kier molecular flexibility index (Phi) is 1.91. The van der Waals surface area contributed by atoms with Crippen LogP contribution in [0, 0.1) is 11.2 Å². The number of aromatic nitrogens is 1. The lowest BCUT2D eigenvalue weighted by Crippen LogP contribution is -2.21. The van der Waals surface area contributed by atoms with E-state index in [1.165, 1.54) is 23.7 Å². The lowest BCUT2D eigenvalue weighted by atomic mass is 9.76. The molecule has 0 aliphatic heterocycles. The van der Waals surface area contributed by atoms with Gasteiger partial charge in [0.1, 0.15) is 5.82 Å². The molecule has 0 amide bonds. The van der Waals surface area contributed by atoms with Gasteiger partial charge < -0.3 is 4.98 Å². The first kappa shape index (κ1) is 9.88. The first-order valence-electron chi connectivity index (χ1n) is 5.85. The Hall–Kier alpha value is -1.31. The summed E-state index contributed by atoms with van der Waals surface area (Å²) in [5.74, 6) is -0.135. The second kappa shape index (κ2) is 3.09. The molecule has 1 aromatic carbocycles. The number of rotatable bonds is 0. The maximum absolute atomic E-state index is 13.6. The van der Waals surface area contributed by atoms with Crippen LogP contribution in [0.1, 0.15) is 31.5 Å². The number of H-pyrrole nitrogens is 1. The van der Waals surface area contributed by atoms with Gasteiger partial charge in [0.25, 0.3) is 0 Å². The molecule has 2 aromatic rings. The summed E-state index contributed by atoms with van der Waals surface area (Å²) < 4.78 is 13.6. The fourth-order valence-corrected chi connectivity index (χ4v) is 2.74. The summed E-state index contributed by atoms with van der Waals surface area (Å²) in [4.78, 5) is 3.25. The summed E-state index contributed by atoms with van der Waals surface area (Å²) in [6.45, 7) is 4.57. The number of fused-ring (bicyclic) bond motifs is 3. The van der Waals surface area contributed by atoms with E-state index in [1.807, 2.05) is 6.07 Å². The van der Waals surface area contributed by atoms with E-state index in [0.29, 0.717) is 10.9 Å². The van der Waals surface area contributed by atoms with Crippen molar-refractivity contribution in [3.8, 4) is 0 Å². The van der Waals surface area contributed by atoms with Gasteiger partial charge in [-0.2, -0.15) is 0 Å². The van der Waals surface area contributed by atoms with Crippen molar-refractivity contribution in [3.63, 3.8) is 0 Å². The molecular weight excluding hydrogens is 201 g/mol. The zero-order chi connectivity index (χ0) is 11.3. The van der Waals surface area contributed by atoms with Gasteiger partial charge in [0, 0.05) is 11.1 Å². The molecule has 0 fully saturated rings. The van der Waals surface area contributed by atoms with E-state index in [4.69, 9.17) is 0 Å². The molecular formula is C14H16FN. The van der Waals surface area contributed by atoms with Gasteiger partial charge >= 0.3 is 0 Å². The minimum Gasteiger partial charge on any atom is -0.356 e. The molecule has 1 nitrogen and oxygen atoms in total. The molecule has 0 spiro atoms. The van der Waals surface area contributed by atoms with E-state index >= 15 is 0 Å². The second-order valence-electron chi connectivity index (χ2n) is 5.59. The zero-order valence-corrected chi connectivity index (χ0v) is 9.73. The highest BCUT2D eigenvalue weighted by Crippen LogP contribution is 2.38. The van der Waals surface area contributed by atoms with Crippen LogP contribution < -0.4 is 0 Å². The summed E-state index contributed by atoms with van der Waals surface area (Å²) in [5.41, 5.74) is 3.59. The molecule has 84 valence electrons. The molecule has 0 atom stereocenters. The maximum Gasteiger partial charge on any atom is 0.147 e. The van der Waals surface area contributed by atoms with Crippen molar-refractivity contribution < 1.29 is 4.39 Å². The molecule has 0 radical (unpaired) electrons. The Morgan fingerprint density at radius 2 is 2.12 bits per heavy atom. The highest BCUT2D eigenvalue weighted by atomic mass is 19.1. The summed E-state index contributed by atoms with van der Waals surface area (Å²) in [6.07, 6.45) is 3.26. The molecule has 3 rings (SSSR count). The first-order valence-corrected chi connectivity index (χ1v) is 5.85. The minimum absolute atomic E-state index is 0.135. The van der Waals surface area contributed by atoms with E-state index < -0.39 is 0 Å². The van der Waals surface area contributed by atoms with Crippen molar-refractivity contribution in [3.05, 3.63) is 35.3 Å². The maximum atomic E-state index is 13.6.